The van der Waals surface area contributed by atoms with Gasteiger partial charge in [0.2, 0.25) is 0 Å². The fourth-order valence-electron chi connectivity index (χ4n) is 3.11. The van der Waals surface area contributed by atoms with Crippen LogP contribution in [-0.2, 0) is 0 Å². The predicted octanol–water partition coefficient (Wildman–Crippen LogP) is 5.08. The summed E-state index contributed by atoms with van der Waals surface area (Å²) in [6.45, 7) is 4.16. The summed E-state index contributed by atoms with van der Waals surface area (Å²) < 4.78 is 12.1. The van der Waals surface area contributed by atoms with Crippen LogP contribution in [0.1, 0.15) is 36.5 Å². The van der Waals surface area contributed by atoms with Crippen molar-refractivity contribution in [2.24, 2.45) is 0 Å². The van der Waals surface area contributed by atoms with Crippen LogP contribution in [0.15, 0.2) is 42.5 Å². The second-order valence-corrected chi connectivity index (χ2v) is 8.68. The lowest BCUT2D eigenvalue weighted by Gasteiger charge is -2.22. The molecule has 0 saturated carbocycles. The van der Waals surface area contributed by atoms with E-state index in [0.717, 1.165) is 47.5 Å². The first-order valence-electron chi connectivity index (χ1n) is 10.7. The van der Waals surface area contributed by atoms with Crippen LogP contribution in [0.3, 0.4) is 0 Å². The van der Waals surface area contributed by atoms with Crippen molar-refractivity contribution in [2.75, 3.05) is 45.8 Å². The zero-order chi connectivity index (χ0) is 22.2. The summed E-state index contributed by atoms with van der Waals surface area (Å²) in [4.78, 5) is 21.9. The number of thiazole rings is 1. The zero-order valence-electron chi connectivity index (χ0n) is 18.8. The number of fused-ring (bicyclic) bond motifs is 1. The van der Waals surface area contributed by atoms with E-state index in [1.165, 1.54) is 11.3 Å². The Balaban J connectivity index is 1.80. The Morgan fingerprint density at radius 3 is 2.45 bits per heavy atom. The lowest BCUT2D eigenvalue weighted by Crippen LogP contribution is -2.36. The van der Waals surface area contributed by atoms with Gasteiger partial charge in [-0.2, -0.15) is 0 Å². The van der Waals surface area contributed by atoms with E-state index in [9.17, 15) is 4.79 Å². The molecule has 6 nitrogen and oxygen atoms in total. The van der Waals surface area contributed by atoms with Gasteiger partial charge in [-0.05, 0) is 56.9 Å². The van der Waals surface area contributed by atoms with Crippen LogP contribution in [0.5, 0.6) is 11.5 Å². The summed E-state index contributed by atoms with van der Waals surface area (Å²) in [6.07, 6.45) is 3.36. The summed E-state index contributed by atoms with van der Waals surface area (Å²) in [5.41, 5.74) is 1.45. The number of aromatic nitrogens is 1. The molecule has 0 N–H and O–H groups in total. The molecule has 0 spiro atoms. The van der Waals surface area contributed by atoms with E-state index in [1.807, 2.05) is 56.6 Å². The van der Waals surface area contributed by atoms with Crippen LogP contribution in [0.4, 0.5) is 5.13 Å². The number of benzene rings is 2. The van der Waals surface area contributed by atoms with E-state index in [-0.39, 0.29) is 5.91 Å². The largest absolute Gasteiger partial charge is 0.497 e. The van der Waals surface area contributed by atoms with Crippen LogP contribution in [-0.4, -0.2) is 56.7 Å². The highest BCUT2D eigenvalue weighted by Crippen LogP contribution is 2.32. The maximum atomic E-state index is 13.4. The number of ether oxygens (including phenoxy) is 2. The number of anilines is 1. The number of methoxy groups -OCH3 is 1. The lowest BCUT2D eigenvalue weighted by atomic mass is 10.2. The smallest absolute Gasteiger partial charge is 0.260 e. The van der Waals surface area contributed by atoms with Gasteiger partial charge in [-0.25, -0.2) is 4.98 Å². The van der Waals surface area contributed by atoms with Crippen molar-refractivity contribution in [3.05, 3.63) is 48.0 Å². The third-order valence-corrected chi connectivity index (χ3v) is 6.01. The van der Waals surface area contributed by atoms with Gasteiger partial charge in [0.05, 0.1) is 23.9 Å². The minimum absolute atomic E-state index is 0.0644. The molecule has 1 amide bonds. The molecule has 2 aromatic carbocycles. The molecule has 31 heavy (non-hydrogen) atoms. The van der Waals surface area contributed by atoms with Gasteiger partial charge >= 0.3 is 0 Å². The molecule has 0 fully saturated rings. The van der Waals surface area contributed by atoms with Crippen LogP contribution in [0.2, 0.25) is 0 Å². The second-order valence-electron chi connectivity index (χ2n) is 7.67. The zero-order valence-corrected chi connectivity index (χ0v) is 19.6. The summed E-state index contributed by atoms with van der Waals surface area (Å²) in [5, 5.41) is 0.690. The Hall–Kier alpha value is -2.64. The number of hydrogen-bond acceptors (Lipinski definition) is 6. The molecule has 3 aromatic rings. The monoisotopic (exact) mass is 441 g/mol. The highest BCUT2D eigenvalue weighted by atomic mass is 32.1. The first kappa shape index (κ1) is 23.0. The number of unbranched alkanes of at least 4 members (excludes halogenated alkanes) is 2. The standard InChI is InChI=1S/C24H31N3O3S/c1-5-6-7-16-30-19-10-8-18(9-11-19)23(28)27(15-14-26(2)3)24-25-21-17-20(29-4)12-13-22(21)31-24/h8-13,17H,5-7,14-16H2,1-4H3. The third kappa shape index (κ3) is 6.18. The lowest BCUT2D eigenvalue weighted by molar-refractivity contribution is 0.0985. The fourth-order valence-corrected chi connectivity index (χ4v) is 4.08. The van der Waals surface area contributed by atoms with Crippen LogP contribution in [0, 0.1) is 0 Å². The molecule has 0 bridgehead atoms. The van der Waals surface area contributed by atoms with Crippen LogP contribution >= 0.6 is 11.3 Å². The van der Waals surface area contributed by atoms with Gasteiger partial charge in [-0.15, -0.1) is 0 Å². The minimum Gasteiger partial charge on any atom is -0.497 e. The maximum Gasteiger partial charge on any atom is 0.260 e. The number of carbonyl (C=O) groups is 1. The molecule has 0 unspecified atom stereocenters. The van der Waals surface area contributed by atoms with E-state index in [4.69, 9.17) is 14.5 Å². The summed E-state index contributed by atoms with van der Waals surface area (Å²) >= 11 is 1.51. The molecule has 1 heterocycles. The van der Waals surface area contributed by atoms with Gasteiger partial charge in [0, 0.05) is 24.7 Å². The molecule has 0 aliphatic rings. The van der Waals surface area contributed by atoms with Crippen molar-refractivity contribution in [3.63, 3.8) is 0 Å². The van der Waals surface area contributed by atoms with E-state index in [0.29, 0.717) is 23.8 Å². The fraction of sp³-hybridized carbons (Fsp3) is 0.417. The first-order valence-corrected chi connectivity index (χ1v) is 11.5. The molecule has 1 aromatic heterocycles. The predicted molar refractivity (Wildman–Crippen MR) is 128 cm³/mol. The van der Waals surface area contributed by atoms with Crippen molar-refractivity contribution < 1.29 is 14.3 Å². The van der Waals surface area contributed by atoms with Crippen molar-refractivity contribution in [2.45, 2.75) is 26.2 Å². The summed E-state index contributed by atoms with van der Waals surface area (Å²) in [5.74, 6) is 1.48. The molecule has 0 saturated heterocycles. The van der Waals surface area contributed by atoms with Crippen molar-refractivity contribution in [1.82, 2.24) is 9.88 Å². The van der Waals surface area contributed by atoms with E-state index < -0.39 is 0 Å². The van der Waals surface area contributed by atoms with Crippen LogP contribution in [0.25, 0.3) is 10.2 Å². The highest BCUT2D eigenvalue weighted by Gasteiger charge is 2.21. The average molecular weight is 442 g/mol. The number of likely N-dealkylation sites (N-methyl/N-ethyl adjacent to an activating group) is 1. The quantitative estimate of drug-likeness (QED) is 0.388. The average Bonchev–Trinajstić information content (AvgIpc) is 3.19. The van der Waals surface area contributed by atoms with Gasteiger partial charge < -0.3 is 14.4 Å². The van der Waals surface area contributed by atoms with Crippen molar-refractivity contribution in [3.8, 4) is 11.5 Å². The molecule has 3 rings (SSSR count). The van der Waals surface area contributed by atoms with Gasteiger partial charge in [0.15, 0.2) is 5.13 Å². The second kappa shape index (κ2) is 11.1. The summed E-state index contributed by atoms with van der Waals surface area (Å²) in [6, 6.07) is 13.2. The molecule has 0 aliphatic heterocycles. The number of nitrogens with zero attached hydrogens (tertiary/aromatic N) is 3. The Bertz CT molecular complexity index is 985. The van der Waals surface area contributed by atoms with E-state index >= 15 is 0 Å². The molecular formula is C24H31N3O3S. The van der Waals surface area contributed by atoms with Gasteiger partial charge in [0.1, 0.15) is 11.5 Å². The minimum atomic E-state index is -0.0644. The topological polar surface area (TPSA) is 54.9 Å². The highest BCUT2D eigenvalue weighted by molar-refractivity contribution is 7.22. The van der Waals surface area contributed by atoms with Crippen molar-refractivity contribution >= 4 is 32.6 Å². The number of hydrogen-bond donors (Lipinski definition) is 0. The molecule has 7 heteroatoms. The Morgan fingerprint density at radius 2 is 1.77 bits per heavy atom. The number of rotatable bonds is 11. The Morgan fingerprint density at radius 1 is 1.03 bits per heavy atom. The Labute approximate surface area is 188 Å². The molecule has 0 radical (unpaired) electrons. The third-order valence-electron chi connectivity index (χ3n) is 4.95. The van der Waals surface area contributed by atoms with Crippen LogP contribution < -0.4 is 14.4 Å². The van der Waals surface area contributed by atoms with Gasteiger partial charge in [-0.3, -0.25) is 9.69 Å². The van der Waals surface area contributed by atoms with Gasteiger partial charge in [0.25, 0.3) is 5.91 Å². The molecular weight excluding hydrogens is 410 g/mol. The number of amides is 1. The Kier molecular flexibility index (Phi) is 8.26. The van der Waals surface area contributed by atoms with Crippen molar-refractivity contribution in [1.29, 1.82) is 0 Å². The SMILES string of the molecule is CCCCCOc1ccc(C(=O)N(CCN(C)C)c2nc3cc(OC)ccc3s2)cc1. The normalized spacial score (nSPS) is 11.1. The van der Waals surface area contributed by atoms with Gasteiger partial charge in [-0.1, -0.05) is 31.1 Å². The summed E-state index contributed by atoms with van der Waals surface area (Å²) in [7, 11) is 5.63. The van der Waals surface area contributed by atoms with E-state index in [1.54, 1.807) is 12.0 Å². The number of carbonyl (C=O) groups excluding carboxylic acids is 1. The maximum absolute atomic E-state index is 13.4. The van der Waals surface area contributed by atoms with E-state index in [2.05, 4.69) is 11.8 Å². The molecule has 0 aliphatic carbocycles. The molecule has 166 valence electrons. The first-order chi connectivity index (χ1) is 15.0. The molecule has 0 atom stereocenters.